The maximum atomic E-state index is 12.4. The van der Waals surface area contributed by atoms with E-state index in [1.807, 2.05) is 4.90 Å². The molecule has 128 valence electrons. The van der Waals surface area contributed by atoms with E-state index in [0.717, 1.165) is 19.4 Å². The zero-order valence-corrected chi connectivity index (χ0v) is 13.7. The molecule has 0 spiro atoms. The van der Waals surface area contributed by atoms with Crippen molar-refractivity contribution in [1.82, 2.24) is 15.1 Å². The van der Waals surface area contributed by atoms with Crippen molar-refractivity contribution in [2.75, 3.05) is 26.4 Å². The first-order valence-electron chi connectivity index (χ1n) is 8.21. The molecular formula is C17H21N3O4. The Labute approximate surface area is 140 Å². The summed E-state index contributed by atoms with van der Waals surface area (Å²) < 4.78 is 4.90. The van der Waals surface area contributed by atoms with Gasteiger partial charge in [0.15, 0.2) is 0 Å². The number of carbonyl (C=O) groups excluding carboxylic acids is 3. The number of piperidine rings is 1. The molecule has 0 aromatic heterocycles. The lowest BCUT2D eigenvalue weighted by atomic mass is 10.1. The van der Waals surface area contributed by atoms with Crippen molar-refractivity contribution in [2.45, 2.75) is 25.8 Å². The molecule has 0 saturated carbocycles. The highest BCUT2D eigenvalue weighted by Crippen LogP contribution is 2.23. The van der Waals surface area contributed by atoms with Gasteiger partial charge in [-0.15, -0.1) is 0 Å². The summed E-state index contributed by atoms with van der Waals surface area (Å²) in [6.45, 7) is 3.71. The lowest BCUT2D eigenvalue weighted by Gasteiger charge is -2.34. The number of ether oxygens (including phenoxy) is 1. The average Bonchev–Trinajstić information content (AvgIpc) is 2.81. The number of fused-ring (bicyclic) bond motifs is 1. The highest BCUT2D eigenvalue weighted by atomic mass is 16.5. The maximum Gasteiger partial charge on any atom is 0.407 e. The molecule has 1 N–H and O–H groups in total. The summed E-state index contributed by atoms with van der Waals surface area (Å²) in [6, 6.07) is 6.84. The number of likely N-dealkylation sites (tertiary alicyclic amines) is 1. The quantitative estimate of drug-likeness (QED) is 0.845. The fraction of sp³-hybridized carbons (Fsp3) is 0.471. The smallest absolute Gasteiger partial charge is 0.407 e. The highest BCUT2D eigenvalue weighted by molar-refractivity contribution is 6.21. The molecule has 7 nitrogen and oxygen atoms in total. The average molecular weight is 331 g/mol. The Morgan fingerprint density at radius 1 is 1.25 bits per heavy atom. The zero-order valence-electron chi connectivity index (χ0n) is 13.7. The molecular weight excluding hydrogens is 310 g/mol. The second kappa shape index (κ2) is 7.00. The normalized spacial score (nSPS) is 20.9. The van der Waals surface area contributed by atoms with E-state index in [2.05, 4.69) is 5.32 Å². The van der Waals surface area contributed by atoms with Crippen LogP contribution < -0.4 is 5.32 Å². The number of rotatable bonds is 4. The van der Waals surface area contributed by atoms with Crippen LogP contribution in [0, 0.1) is 0 Å². The van der Waals surface area contributed by atoms with E-state index in [1.165, 1.54) is 4.90 Å². The molecule has 24 heavy (non-hydrogen) atoms. The van der Waals surface area contributed by atoms with Crippen LogP contribution in [0.5, 0.6) is 0 Å². The number of hydrogen-bond acceptors (Lipinski definition) is 5. The molecule has 2 aliphatic rings. The summed E-state index contributed by atoms with van der Waals surface area (Å²) >= 11 is 0. The van der Waals surface area contributed by atoms with Crippen LogP contribution in [0.25, 0.3) is 0 Å². The Morgan fingerprint density at radius 2 is 1.92 bits per heavy atom. The Balaban J connectivity index is 1.61. The van der Waals surface area contributed by atoms with Crippen molar-refractivity contribution >= 4 is 17.9 Å². The predicted molar refractivity (Wildman–Crippen MR) is 86.6 cm³/mol. The third-order valence-corrected chi connectivity index (χ3v) is 4.32. The number of benzene rings is 1. The van der Waals surface area contributed by atoms with Crippen LogP contribution in [0.15, 0.2) is 24.3 Å². The van der Waals surface area contributed by atoms with Crippen molar-refractivity contribution in [2.24, 2.45) is 0 Å². The van der Waals surface area contributed by atoms with Crippen LogP contribution in [0.4, 0.5) is 4.79 Å². The van der Waals surface area contributed by atoms with Crippen molar-refractivity contribution in [1.29, 1.82) is 0 Å². The van der Waals surface area contributed by atoms with Gasteiger partial charge in [0.1, 0.15) is 0 Å². The summed E-state index contributed by atoms with van der Waals surface area (Å²) in [7, 11) is 0. The fourth-order valence-electron chi connectivity index (χ4n) is 3.21. The molecule has 1 aromatic carbocycles. The van der Waals surface area contributed by atoms with E-state index >= 15 is 0 Å². The molecule has 0 bridgehead atoms. The fourth-order valence-corrected chi connectivity index (χ4v) is 3.21. The van der Waals surface area contributed by atoms with Gasteiger partial charge >= 0.3 is 6.09 Å². The Hall–Kier alpha value is -2.41. The molecule has 3 amide bonds. The van der Waals surface area contributed by atoms with Gasteiger partial charge in [0.2, 0.25) is 0 Å². The van der Waals surface area contributed by atoms with E-state index in [4.69, 9.17) is 4.74 Å². The van der Waals surface area contributed by atoms with Crippen LogP contribution in [0.1, 0.15) is 40.5 Å². The molecule has 1 atom stereocenters. The summed E-state index contributed by atoms with van der Waals surface area (Å²) in [4.78, 5) is 39.7. The lowest BCUT2D eigenvalue weighted by Crippen LogP contribution is -2.51. The number of imide groups is 1. The molecule has 0 radical (unpaired) electrons. The standard InChI is InChI=1S/C17H21N3O4/c1-2-24-17(23)18-12-6-5-9-19(10-12)11-20-15(21)13-7-3-4-8-14(13)16(20)22/h3-4,7-8,12H,2,5-6,9-11H2,1H3,(H,18,23)/t12-/m0/s1. The Morgan fingerprint density at radius 3 is 2.54 bits per heavy atom. The maximum absolute atomic E-state index is 12.4. The number of hydrogen-bond donors (Lipinski definition) is 1. The molecule has 1 saturated heterocycles. The van der Waals surface area contributed by atoms with Gasteiger partial charge in [-0.05, 0) is 38.4 Å². The van der Waals surface area contributed by atoms with Crippen LogP contribution in [0.3, 0.4) is 0 Å². The number of alkyl carbamates (subject to hydrolysis) is 1. The lowest BCUT2D eigenvalue weighted by molar-refractivity contribution is 0.0493. The van der Waals surface area contributed by atoms with Crippen molar-refractivity contribution in [3.8, 4) is 0 Å². The van der Waals surface area contributed by atoms with Gasteiger partial charge in [0.25, 0.3) is 11.8 Å². The van der Waals surface area contributed by atoms with Crippen LogP contribution in [-0.4, -0.2) is 60.1 Å². The van der Waals surface area contributed by atoms with Gasteiger partial charge in [0, 0.05) is 12.6 Å². The van der Waals surface area contributed by atoms with Crippen molar-refractivity contribution in [3.63, 3.8) is 0 Å². The Kier molecular flexibility index (Phi) is 4.80. The predicted octanol–water partition coefficient (Wildman–Crippen LogP) is 1.45. The number of nitrogens with zero attached hydrogens (tertiary/aromatic N) is 2. The second-order valence-electron chi connectivity index (χ2n) is 6.01. The molecule has 1 fully saturated rings. The van der Waals surface area contributed by atoms with Gasteiger partial charge in [-0.3, -0.25) is 19.4 Å². The minimum Gasteiger partial charge on any atom is -0.450 e. The van der Waals surface area contributed by atoms with Crippen molar-refractivity contribution in [3.05, 3.63) is 35.4 Å². The van der Waals surface area contributed by atoms with E-state index in [0.29, 0.717) is 24.3 Å². The highest BCUT2D eigenvalue weighted by Gasteiger charge is 2.36. The van der Waals surface area contributed by atoms with Gasteiger partial charge in [-0.2, -0.15) is 0 Å². The molecule has 0 unspecified atom stereocenters. The summed E-state index contributed by atoms with van der Waals surface area (Å²) in [5, 5.41) is 2.82. The van der Waals surface area contributed by atoms with Crippen LogP contribution in [-0.2, 0) is 4.74 Å². The Bertz CT molecular complexity index is 626. The van der Waals surface area contributed by atoms with E-state index in [9.17, 15) is 14.4 Å². The summed E-state index contributed by atoms with van der Waals surface area (Å²) in [6.07, 6.45) is 1.32. The van der Waals surface area contributed by atoms with Crippen LogP contribution >= 0.6 is 0 Å². The second-order valence-corrected chi connectivity index (χ2v) is 6.01. The zero-order chi connectivity index (χ0) is 17.1. The SMILES string of the molecule is CCOC(=O)N[C@H]1CCCN(CN2C(=O)c3ccccc3C2=O)C1. The molecule has 7 heteroatoms. The topological polar surface area (TPSA) is 79.0 Å². The van der Waals surface area contributed by atoms with E-state index in [-0.39, 0.29) is 24.5 Å². The molecule has 2 heterocycles. The third kappa shape index (κ3) is 3.26. The first-order valence-corrected chi connectivity index (χ1v) is 8.21. The minimum absolute atomic E-state index is 0.0343. The summed E-state index contributed by atoms with van der Waals surface area (Å²) in [5.41, 5.74) is 0.918. The summed E-state index contributed by atoms with van der Waals surface area (Å²) in [5.74, 6) is -0.507. The minimum atomic E-state index is -0.426. The number of amides is 3. The van der Waals surface area contributed by atoms with Gasteiger partial charge in [-0.1, -0.05) is 12.1 Å². The largest absolute Gasteiger partial charge is 0.450 e. The third-order valence-electron chi connectivity index (χ3n) is 4.32. The monoisotopic (exact) mass is 331 g/mol. The van der Waals surface area contributed by atoms with E-state index in [1.54, 1.807) is 31.2 Å². The first-order chi connectivity index (χ1) is 11.6. The molecule has 2 aliphatic heterocycles. The van der Waals surface area contributed by atoms with Gasteiger partial charge in [-0.25, -0.2) is 4.79 Å². The van der Waals surface area contributed by atoms with Gasteiger partial charge in [0.05, 0.1) is 24.4 Å². The van der Waals surface area contributed by atoms with E-state index < -0.39 is 6.09 Å². The first kappa shape index (κ1) is 16.4. The number of nitrogens with one attached hydrogen (secondary N) is 1. The van der Waals surface area contributed by atoms with Crippen molar-refractivity contribution < 1.29 is 19.1 Å². The van der Waals surface area contributed by atoms with Gasteiger partial charge < -0.3 is 10.1 Å². The number of carbonyl (C=O) groups is 3. The van der Waals surface area contributed by atoms with Crippen LogP contribution in [0.2, 0.25) is 0 Å². The molecule has 0 aliphatic carbocycles. The molecule has 3 rings (SSSR count). The molecule has 1 aromatic rings.